The molecule has 36 heavy (non-hydrogen) atoms. The van der Waals surface area contributed by atoms with E-state index in [-0.39, 0.29) is 23.0 Å². The van der Waals surface area contributed by atoms with E-state index in [4.69, 9.17) is 0 Å². The highest BCUT2D eigenvalue weighted by Crippen LogP contribution is 2.22. The zero-order valence-corrected chi connectivity index (χ0v) is 19.0. The zero-order chi connectivity index (χ0) is 25.3. The average molecular weight is 479 g/mol. The highest BCUT2D eigenvalue weighted by molar-refractivity contribution is 6.53. The molecule has 0 heterocycles. The summed E-state index contributed by atoms with van der Waals surface area (Å²) in [5.41, 5.74) is 3.06. The van der Waals surface area contributed by atoms with Crippen molar-refractivity contribution in [1.82, 2.24) is 0 Å². The number of phenolic OH excluding ortho intramolecular Hbond substituents is 4. The molecule has 4 rings (SSSR count). The second kappa shape index (κ2) is 11.3. The van der Waals surface area contributed by atoms with Crippen molar-refractivity contribution in [2.75, 3.05) is 0 Å². The molecule has 0 bridgehead atoms. The van der Waals surface area contributed by atoms with Crippen LogP contribution in [0.2, 0.25) is 0 Å². The Bertz CT molecular complexity index is 1350. The lowest BCUT2D eigenvalue weighted by Gasteiger charge is -2.08. The van der Waals surface area contributed by atoms with Crippen LogP contribution in [0.25, 0.3) is 0 Å². The van der Waals surface area contributed by atoms with E-state index in [2.05, 4.69) is 20.4 Å². The smallest absolute Gasteiger partial charge is 0.128 e. The lowest BCUT2D eigenvalue weighted by Crippen LogP contribution is -2.17. The number of benzene rings is 4. The van der Waals surface area contributed by atoms with Crippen molar-refractivity contribution in [3.8, 4) is 23.0 Å². The molecular weight excluding hydrogens is 456 g/mol. The van der Waals surface area contributed by atoms with E-state index in [1.807, 2.05) is 60.7 Å². The summed E-state index contributed by atoms with van der Waals surface area (Å²) in [5, 5.41) is 56.3. The van der Waals surface area contributed by atoms with Gasteiger partial charge in [0.15, 0.2) is 0 Å². The Hall–Kier alpha value is -5.24. The molecule has 0 saturated carbocycles. The summed E-state index contributed by atoms with van der Waals surface area (Å²) in [6, 6.07) is 27.0. The fourth-order valence-electron chi connectivity index (χ4n) is 3.26. The minimum atomic E-state index is -0.134. The van der Waals surface area contributed by atoms with Gasteiger partial charge in [-0.25, -0.2) is 0 Å². The van der Waals surface area contributed by atoms with E-state index in [1.54, 1.807) is 0 Å². The molecule has 0 radical (unpaired) electrons. The quantitative estimate of drug-likeness (QED) is 0.223. The zero-order valence-electron chi connectivity index (χ0n) is 19.0. The molecule has 4 aromatic rings. The lowest BCUT2D eigenvalue weighted by atomic mass is 10.00. The Morgan fingerprint density at radius 1 is 0.500 bits per heavy atom. The molecule has 0 aliphatic rings. The minimum Gasteiger partial charge on any atom is -0.508 e. The van der Waals surface area contributed by atoms with E-state index in [9.17, 15) is 20.4 Å². The SMILES string of the molecule is Oc1ccc(/C=N/N=C(C(=N/N=C/c2ccc(O)cc2O)c2ccccc2)c2ccccc2)c(O)c1. The molecule has 0 unspecified atom stereocenters. The molecule has 0 fully saturated rings. The van der Waals surface area contributed by atoms with Gasteiger partial charge in [0.25, 0.3) is 0 Å². The first-order valence-corrected chi connectivity index (χ1v) is 10.9. The van der Waals surface area contributed by atoms with Crippen molar-refractivity contribution < 1.29 is 20.4 Å². The lowest BCUT2D eigenvalue weighted by molar-refractivity contribution is 0.449. The highest BCUT2D eigenvalue weighted by atomic mass is 16.3. The van der Waals surface area contributed by atoms with Gasteiger partial charge in [-0.2, -0.15) is 10.2 Å². The molecule has 0 spiro atoms. The Labute approximate surface area is 207 Å². The van der Waals surface area contributed by atoms with Crippen LogP contribution in [0, 0.1) is 0 Å². The summed E-state index contributed by atoms with van der Waals surface area (Å²) in [6.07, 6.45) is 2.75. The topological polar surface area (TPSA) is 130 Å². The van der Waals surface area contributed by atoms with E-state index in [0.717, 1.165) is 11.1 Å². The van der Waals surface area contributed by atoms with Crippen LogP contribution in [-0.4, -0.2) is 44.3 Å². The number of hydrogen-bond acceptors (Lipinski definition) is 8. The van der Waals surface area contributed by atoms with Crippen LogP contribution in [0.15, 0.2) is 117 Å². The molecule has 0 aliphatic carbocycles. The van der Waals surface area contributed by atoms with Crippen molar-refractivity contribution >= 4 is 23.9 Å². The summed E-state index contributed by atoms with van der Waals surface area (Å²) < 4.78 is 0. The standard InChI is InChI=1S/C28H22N4O4/c33-23-13-11-21(25(35)15-23)17-29-31-27(19-7-3-1-4-8-19)28(20-9-5-2-6-10-20)32-30-18-22-12-14-24(34)16-26(22)36/h1-18,33-36H/b29-17+,30-18+,31-27?,32-28?. The molecule has 4 N–H and O–H groups in total. The van der Waals surface area contributed by atoms with Gasteiger partial charge in [-0.05, 0) is 24.3 Å². The van der Waals surface area contributed by atoms with Gasteiger partial charge in [-0.3, -0.25) is 0 Å². The fraction of sp³-hybridized carbons (Fsp3) is 0. The molecule has 0 atom stereocenters. The highest BCUT2D eigenvalue weighted by Gasteiger charge is 2.15. The molecule has 8 heteroatoms. The Kier molecular flexibility index (Phi) is 7.47. The molecule has 178 valence electrons. The van der Waals surface area contributed by atoms with E-state index in [1.165, 1.54) is 48.8 Å². The van der Waals surface area contributed by atoms with E-state index in [0.29, 0.717) is 22.6 Å². The fourth-order valence-corrected chi connectivity index (χ4v) is 3.26. The van der Waals surface area contributed by atoms with Crippen LogP contribution in [-0.2, 0) is 0 Å². The predicted molar refractivity (Wildman–Crippen MR) is 141 cm³/mol. The predicted octanol–water partition coefficient (Wildman–Crippen LogP) is 4.86. The summed E-state index contributed by atoms with van der Waals surface area (Å²) in [5.74, 6) is -0.390. The Morgan fingerprint density at radius 3 is 1.25 bits per heavy atom. The molecule has 8 nitrogen and oxygen atoms in total. The van der Waals surface area contributed by atoms with Crippen LogP contribution in [0.5, 0.6) is 23.0 Å². The van der Waals surface area contributed by atoms with Crippen molar-refractivity contribution in [1.29, 1.82) is 0 Å². The first kappa shape index (κ1) is 23.9. The summed E-state index contributed by atoms with van der Waals surface area (Å²) >= 11 is 0. The average Bonchev–Trinajstić information content (AvgIpc) is 2.88. The molecule has 4 aromatic carbocycles. The van der Waals surface area contributed by atoms with Gasteiger partial charge in [0, 0.05) is 34.4 Å². The minimum absolute atomic E-state index is 0.0610. The summed E-state index contributed by atoms with van der Waals surface area (Å²) in [4.78, 5) is 0. The summed E-state index contributed by atoms with van der Waals surface area (Å²) in [6.45, 7) is 0. The Balaban J connectivity index is 1.79. The van der Waals surface area contributed by atoms with Crippen LogP contribution in [0.3, 0.4) is 0 Å². The summed E-state index contributed by atoms with van der Waals surface area (Å²) in [7, 11) is 0. The molecule has 0 aliphatic heterocycles. The second-order valence-corrected chi connectivity index (χ2v) is 7.60. The van der Waals surface area contributed by atoms with Crippen molar-refractivity contribution in [3.05, 3.63) is 119 Å². The monoisotopic (exact) mass is 478 g/mol. The maximum Gasteiger partial charge on any atom is 0.128 e. The van der Waals surface area contributed by atoms with Gasteiger partial charge in [-0.1, -0.05) is 60.7 Å². The number of hydrogen-bond donors (Lipinski definition) is 4. The molecular formula is C28H22N4O4. The maximum absolute atomic E-state index is 10.0. The maximum atomic E-state index is 10.0. The third-order valence-corrected chi connectivity index (χ3v) is 5.06. The van der Waals surface area contributed by atoms with Crippen molar-refractivity contribution in [3.63, 3.8) is 0 Å². The van der Waals surface area contributed by atoms with Crippen LogP contribution in [0.1, 0.15) is 22.3 Å². The van der Waals surface area contributed by atoms with Gasteiger partial charge < -0.3 is 20.4 Å². The van der Waals surface area contributed by atoms with Gasteiger partial charge in [-0.15, -0.1) is 10.2 Å². The van der Waals surface area contributed by atoms with Crippen LogP contribution >= 0.6 is 0 Å². The molecule has 0 aromatic heterocycles. The van der Waals surface area contributed by atoms with E-state index < -0.39 is 0 Å². The number of phenols is 4. The third kappa shape index (κ3) is 6.00. The Morgan fingerprint density at radius 2 is 0.889 bits per heavy atom. The van der Waals surface area contributed by atoms with Crippen molar-refractivity contribution in [2.24, 2.45) is 20.4 Å². The van der Waals surface area contributed by atoms with Gasteiger partial charge in [0.2, 0.25) is 0 Å². The van der Waals surface area contributed by atoms with Crippen LogP contribution in [0.4, 0.5) is 0 Å². The molecule has 0 saturated heterocycles. The van der Waals surface area contributed by atoms with Crippen molar-refractivity contribution in [2.45, 2.75) is 0 Å². The second-order valence-electron chi connectivity index (χ2n) is 7.60. The largest absolute Gasteiger partial charge is 0.508 e. The number of rotatable bonds is 7. The van der Waals surface area contributed by atoms with E-state index >= 15 is 0 Å². The first-order chi connectivity index (χ1) is 17.5. The van der Waals surface area contributed by atoms with Gasteiger partial charge in [0.05, 0.1) is 12.4 Å². The van der Waals surface area contributed by atoms with Gasteiger partial charge >= 0.3 is 0 Å². The molecule has 0 amide bonds. The third-order valence-electron chi connectivity index (χ3n) is 5.06. The first-order valence-electron chi connectivity index (χ1n) is 10.9. The normalized spacial score (nSPS) is 12.4. The van der Waals surface area contributed by atoms with Gasteiger partial charge in [0.1, 0.15) is 34.4 Å². The number of aromatic hydroxyl groups is 4. The van der Waals surface area contributed by atoms with Crippen LogP contribution < -0.4 is 0 Å². The number of nitrogens with zero attached hydrogens (tertiary/aromatic N) is 4.